The van der Waals surface area contributed by atoms with Crippen LogP contribution in [0, 0.1) is 18.3 Å². The van der Waals surface area contributed by atoms with E-state index in [1.165, 1.54) is 10.5 Å². The zero-order valence-electron chi connectivity index (χ0n) is 24.8. The predicted molar refractivity (Wildman–Crippen MR) is 163 cm³/mol. The highest BCUT2D eigenvalue weighted by atomic mass is 19.1. The third-order valence-corrected chi connectivity index (χ3v) is 8.94. The summed E-state index contributed by atoms with van der Waals surface area (Å²) < 4.78 is 20.0. The largest absolute Gasteiger partial charge is 0.462 e. The summed E-state index contributed by atoms with van der Waals surface area (Å²) in [5, 5.41) is 11.7. The van der Waals surface area contributed by atoms with Gasteiger partial charge in [-0.3, -0.25) is 9.78 Å². The van der Waals surface area contributed by atoms with Crippen molar-refractivity contribution in [2.24, 2.45) is 0 Å². The van der Waals surface area contributed by atoms with E-state index in [0.717, 1.165) is 59.5 Å². The molecule has 0 saturated carbocycles. The fourth-order valence-corrected chi connectivity index (χ4v) is 6.55. The van der Waals surface area contributed by atoms with Crippen molar-refractivity contribution in [3.63, 3.8) is 0 Å². The molecule has 2 unspecified atom stereocenters. The van der Waals surface area contributed by atoms with Crippen LogP contribution in [0.2, 0.25) is 0 Å². The van der Waals surface area contributed by atoms with Crippen molar-refractivity contribution >= 4 is 28.2 Å². The van der Waals surface area contributed by atoms with Gasteiger partial charge in [0.15, 0.2) is 5.83 Å². The number of benzene rings is 1. The molecule has 0 spiro atoms. The Labute approximate surface area is 251 Å². The van der Waals surface area contributed by atoms with E-state index in [-0.39, 0.29) is 13.0 Å². The van der Waals surface area contributed by atoms with Crippen LogP contribution >= 0.6 is 0 Å². The summed E-state index contributed by atoms with van der Waals surface area (Å²) in [5.41, 5.74) is 4.18. The lowest BCUT2D eigenvalue weighted by Crippen LogP contribution is -2.55. The van der Waals surface area contributed by atoms with E-state index in [9.17, 15) is 14.4 Å². The second-order valence-corrected chi connectivity index (χ2v) is 11.8. The number of hydrogen-bond acceptors (Lipinski definition) is 9. The monoisotopic (exact) mass is 584 g/mol. The van der Waals surface area contributed by atoms with Crippen molar-refractivity contribution in [2.45, 2.75) is 51.2 Å². The molecule has 6 rings (SSSR count). The number of amides is 1. The Balaban J connectivity index is 1.33. The Morgan fingerprint density at radius 1 is 1.16 bits per heavy atom. The molecule has 43 heavy (non-hydrogen) atoms. The van der Waals surface area contributed by atoms with E-state index in [2.05, 4.69) is 64.5 Å². The van der Waals surface area contributed by atoms with Gasteiger partial charge in [0, 0.05) is 54.8 Å². The van der Waals surface area contributed by atoms with Crippen LogP contribution in [0.3, 0.4) is 0 Å². The smallest absolute Gasteiger partial charge is 0.318 e. The number of aryl methyl sites for hydroxylation is 1. The Morgan fingerprint density at radius 2 is 2.02 bits per heavy atom. The van der Waals surface area contributed by atoms with Gasteiger partial charge in [-0.2, -0.15) is 15.2 Å². The summed E-state index contributed by atoms with van der Waals surface area (Å²) in [6, 6.07) is 8.72. The van der Waals surface area contributed by atoms with Crippen LogP contribution in [-0.4, -0.2) is 89.1 Å². The molecule has 0 radical (unpaired) electrons. The molecule has 3 aliphatic heterocycles. The number of likely N-dealkylation sites (N-methyl/N-ethyl adjacent to an activating group) is 1. The summed E-state index contributed by atoms with van der Waals surface area (Å²) in [6.07, 6.45) is 6.82. The topological polar surface area (TPSA) is 102 Å². The predicted octanol–water partition coefficient (Wildman–Crippen LogP) is 3.78. The Bertz CT molecular complexity index is 1590. The first-order valence-electron chi connectivity index (χ1n) is 14.9. The van der Waals surface area contributed by atoms with Gasteiger partial charge >= 0.3 is 6.01 Å². The van der Waals surface area contributed by atoms with Crippen molar-refractivity contribution < 1.29 is 13.9 Å². The van der Waals surface area contributed by atoms with Gasteiger partial charge in [-0.1, -0.05) is 24.3 Å². The lowest BCUT2D eigenvalue weighted by molar-refractivity contribution is -0.131. The molecule has 11 heteroatoms. The highest BCUT2D eigenvalue weighted by Gasteiger charge is 2.35. The van der Waals surface area contributed by atoms with Gasteiger partial charge in [-0.05, 0) is 45.8 Å². The third-order valence-electron chi connectivity index (χ3n) is 8.94. The molecular formula is C32H37FN8O2. The fraction of sp³-hybridized carbons (Fsp3) is 0.469. The lowest BCUT2D eigenvalue weighted by Gasteiger charge is -2.42. The molecule has 2 saturated heterocycles. The normalized spacial score (nSPS) is 20.7. The van der Waals surface area contributed by atoms with Crippen molar-refractivity contribution in [3.8, 4) is 12.1 Å². The highest BCUT2D eigenvalue weighted by molar-refractivity contribution is 5.94. The summed E-state index contributed by atoms with van der Waals surface area (Å²) in [7, 11) is 2.11. The summed E-state index contributed by atoms with van der Waals surface area (Å²) in [4.78, 5) is 35.0. The molecule has 2 aromatic heterocycles. The number of nitriles is 1. The number of nitrogens with zero attached hydrogens (tertiary/aromatic N) is 8. The van der Waals surface area contributed by atoms with Gasteiger partial charge in [-0.25, -0.2) is 4.39 Å². The number of piperazine rings is 1. The lowest BCUT2D eigenvalue weighted by atomic mass is 10.0. The molecule has 224 valence electrons. The summed E-state index contributed by atoms with van der Waals surface area (Å²) >= 11 is 0. The van der Waals surface area contributed by atoms with Crippen LogP contribution in [0.4, 0.5) is 15.9 Å². The van der Waals surface area contributed by atoms with Crippen molar-refractivity contribution in [1.29, 1.82) is 5.26 Å². The molecule has 0 bridgehead atoms. The number of halogens is 1. The van der Waals surface area contributed by atoms with Crippen molar-refractivity contribution in [2.75, 3.05) is 56.2 Å². The van der Waals surface area contributed by atoms with Crippen LogP contribution in [0.1, 0.15) is 36.1 Å². The fourth-order valence-electron chi connectivity index (χ4n) is 6.55. The molecule has 2 atom stereocenters. The van der Waals surface area contributed by atoms with Crippen LogP contribution in [0.5, 0.6) is 6.01 Å². The van der Waals surface area contributed by atoms with Gasteiger partial charge in [0.25, 0.3) is 5.91 Å². The summed E-state index contributed by atoms with van der Waals surface area (Å²) in [6.45, 7) is 9.23. The number of fused-ring (bicyclic) bond motifs is 2. The van der Waals surface area contributed by atoms with Gasteiger partial charge < -0.3 is 24.3 Å². The highest BCUT2D eigenvalue weighted by Crippen LogP contribution is 2.35. The van der Waals surface area contributed by atoms with Gasteiger partial charge in [0.1, 0.15) is 12.4 Å². The van der Waals surface area contributed by atoms with Crippen molar-refractivity contribution in [3.05, 3.63) is 59.8 Å². The maximum Gasteiger partial charge on any atom is 0.318 e. The number of rotatable bonds is 7. The minimum atomic E-state index is -1.01. The number of likely N-dealkylation sites (tertiary alicyclic amines) is 1. The second kappa shape index (κ2) is 12.1. The molecule has 1 amide bonds. The first-order chi connectivity index (χ1) is 20.8. The number of carbonyl (C=O) groups excluding carboxylic acids is 1. The number of ether oxygens (including phenoxy) is 1. The first-order valence-corrected chi connectivity index (χ1v) is 14.9. The number of hydrogen-bond donors (Lipinski definition) is 0. The van der Waals surface area contributed by atoms with Crippen LogP contribution in [0.25, 0.3) is 10.8 Å². The van der Waals surface area contributed by atoms with Gasteiger partial charge in [-0.15, -0.1) is 0 Å². The standard InChI is InChI=1S/C32H37FN8O2/c1-21-6-7-23-16-35-17-29(27(23)15-21)39-12-9-26-28(19-39)36-32(43-20-25-5-4-11-38(25)3)37-30(26)40-13-14-41(31(42)22(2)33)24(18-40)8-10-34/h6-7,15-17,24-25H,2,4-5,8-9,11-14,18-20H2,1,3H3. The maximum atomic E-state index is 13.8. The zero-order valence-corrected chi connectivity index (χ0v) is 24.8. The SMILES string of the molecule is C=C(F)C(=O)N1CCN(c2nc(OCC3CCCN3C)nc3c2CCN(c2cncc4ccc(C)cc24)C3)CC1CC#N. The van der Waals surface area contributed by atoms with Gasteiger partial charge in [0.2, 0.25) is 0 Å². The van der Waals surface area contributed by atoms with Crippen LogP contribution in [0.15, 0.2) is 43.0 Å². The molecule has 0 N–H and O–H groups in total. The zero-order chi connectivity index (χ0) is 30.1. The molecule has 3 aromatic rings. The first kappa shape index (κ1) is 28.8. The average Bonchev–Trinajstić information content (AvgIpc) is 3.43. The third kappa shape index (κ3) is 5.84. The van der Waals surface area contributed by atoms with E-state index in [4.69, 9.17) is 14.7 Å². The average molecular weight is 585 g/mol. The molecule has 3 aliphatic rings. The molecule has 1 aromatic carbocycles. The maximum absolute atomic E-state index is 13.8. The molecule has 0 aliphatic carbocycles. The number of carbonyl (C=O) groups is 1. The molecule has 10 nitrogen and oxygen atoms in total. The van der Waals surface area contributed by atoms with Crippen molar-refractivity contribution in [1.82, 2.24) is 24.8 Å². The Hall–Kier alpha value is -4.30. The number of pyridine rings is 1. The van der Waals surface area contributed by atoms with Gasteiger partial charge in [0.05, 0.1) is 42.7 Å². The van der Waals surface area contributed by atoms with E-state index in [1.54, 1.807) is 0 Å². The van der Waals surface area contributed by atoms with E-state index >= 15 is 0 Å². The molecule has 2 fully saturated rings. The van der Waals surface area contributed by atoms with Crippen LogP contribution < -0.4 is 14.5 Å². The Morgan fingerprint density at radius 3 is 2.79 bits per heavy atom. The Kier molecular flexibility index (Phi) is 8.13. The van der Waals surface area contributed by atoms with Crippen LogP contribution in [-0.2, 0) is 17.8 Å². The van der Waals surface area contributed by atoms with E-state index in [0.29, 0.717) is 44.7 Å². The number of aromatic nitrogens is 3. The van der Waals surface area contributed by atoms with E-state index in [1.807, 2.05) is 12.4 Å². The number of anilines is 2. The quantitative estimate of drug-likeness (QED) is 0.384. The summed E-state index contributed by atoms with van der Waals surface area (Å²) in [5.74, 6) is -1.01. The second-order valence-electron chi connectivity index (χ2n) is 11.8. The molecule has 5 heterocycles. The minimum absolute atomic E-state index is 0.0848. The van der Waals surface area contributed by atoms with E-state index < -0.39 is 17.8 Å². The minimum Gasteiger partial charge on any atom is -0.462 e. The molecular weight excluding hydrogens is 547 g/mol.